The van der Waals surface area contributed by atoms with Crippen LogP contribution in [0.1, 0.15) is 49.4 Å². The summed E-state index contributed by atoms with van der Waals surface area (Å²) in [5.74, 6) is -0.153. The number of nitrogens with one attached hydrogen (secondary N) is 2. The van der Waals surface area contributed by atoms with Gasteiger partial charge in [0.15, 0.2) is 0 Å². The Morgan fingerprint density at radius 1 is 0.812 bits per heavy atom. The third kappa shape index (κ3) is 5.17. The van der Waals surface area contributed by atoms with Crippen molar-refractivity contribution in [2.45, 2.75) is 38.3 Å². The van der Waals surface area contributed by atoms with Gasteiger partial charge in [-0.3, -0.25) is 9.59 Å². The fraction of sp³-hybridized carbons (Fsp3) is 0.259. The molecule has 0 saturated carbocycles. The Balaban J connectivity index is 1.46. The van der Waals surface area contributed by atoms with Crippen molar-refractivity contribution in [2.75, 3.05) is 17.2 Å². The maximum absolute atomic E-state index is 13.3. The number of piperidine rings is 1. The highest BCUT2D eigenvalue weighted by molar-refractivity contribution is 5.98. The number of hydrogen-bond acceptors (Lipinski definition) is 3. The maximum atomic E-state index is 13.3. The number of hydrogen-bond donors (Lipinski definition) is 2. The fourth-order valence-electron chi connectivity index (χ4n) is 4.14. The van der Waals surface area contributed by atoms with Gasteiger partial charge in [-0.1, -0.05) is 60.7 Å². The van der Waals surface area contributed by atoms with Gasteiger partial charge in [0.05, 0.1) is 0 Å². The largest absolute Gasteiger partial charge is 0.379 e. The van der Waals surface area contributed by atoms with Crippen molar-refractivity contribution in [3.05, 3.63) is 96.1 Å². The van der Waals surface area contributed by atoms with Crippen molar-refractivity contribution >= 4 is 23.2 Å². The summed E-state index contributed by atoms with van der Waals surface area (Å²) in [6.45, 7) is 2.72. The first kappa shape index (κ1) is 21.6. The van der Waals surface area contributed by atoms with Gasteiger partial charge in [-0.05, 0) is 55.2 Å². The van der Waals surface area contributed by atoms with Gasteiger partial charge in [0.2, 0.25) is 5.91 Å². The van der Waals surface area contributed by atoms with E-state index in [-0.39, 0.29) is 17.9 Å². The number of rotatable bonds is 7. The number of carbonyl (C=O) groups is 2. The van der Waals surface area contributed by atoms with E-state index in [1.165, 1.54) is 5.56 Å². The van der Waals surface area contributed by atoms with Gasteiger partial charge in [-0.15, -0.1) is 0 Å². The van der Waals surface area contributed by atoms with E-state index in [0.717, 1.165) is 24.1 Å². The van der Waals surface area contributed by atoms with Crippen LogP contribution in [0.25, 0.3) is 0 Å². The van der Waals surface area contributed by atoms with Gasteiger partial charge in [-0.2, -0.15) is 0 Å². The molecule has 32 heavy (non-hydrogen) atoms. The zero-order chi connectivity index (χ0) is 22.3. The van der Waals surface area contributed by atoms with E-state index in [4.69, 9.17) is 0 Å². The number of carbonyl (C=O) groups excluding carboxylic acids is 2. The smallest absolute Gasteiger partial charge is 0.251 e. The SMILES string of the molecule is CC(Nc1ccc(NC(=O)C(c2ccccc2)N2CCCCC2=O)cc1)c1ccccc1. The molecule has 0 aromatic heterocycles. The van der Waals surface area contributed by atoms with Crippen LogP contribution in [0.2, 0.25) is 0 Å². The van der Waals surface area contributed by atoms with E-state index in [1.54, 1.807) is 4.90 Å². The van der Waals surface area contributed by atoms with Gasteiger partial charge in [0.25, 0.3) is 5.91 Å². The van der Waals surface area contributed by atoms with E-state index >= 15 is 0 Å². The summed E-state index contributed by atoms with van der Waals surface area (Å²) in [4.78, 5) is 27.6. The summed E-state index contributed by atoms with van der Waals surface area (Å²) >= 11 is 0. The summed E-state index contributed by atoms with van der Waals surface area (Å²) in [6.07, 6.45) is 2.30. The van der Waals surface area contributed by atoms with E-state index in [9.17, 15) is 9.59 Å². The first-order chi connectivity index (χ1) is 15.6. The quantitative estimate of drug-likeness (QED) is 0.519. The van der Waals surface area contributed by atoms with E-state index in [0.29, 0.717) is 18.7 Å². The van der Waals surface area contributed by atoms with Gasteiger partial charge in [0, 0.05) is 30.4 Å². The van der Waals surface area contributed by atoms with Gasteiger partial charge in [-0.25, -0.2) is 0 Å². The van der Waals surface area contributed by atoms with Crippen LogP contribution in [0.4, 0.5) is 11.4 Å². The molecule has 5 heteroatoms. The predicted molar refractivity (Wildman–Crippen MR) is 128 cm³/mol. The van der Waals surface area contributed by atoms with Crippen LogP contribution in [0, 0.1) is 0 Å². The maximum Gasteiger partial charge on any atom is 0.251 e. The summed E-state index contributed by atoms with van der Waals surface area (Å²) in [5, 5.41) is 6.49. The van der Waals surface area contributed by atoms with E-state index in [1.807, 2.05) is 72.8 Å². The zero-order valence-electron chi connectivity index (χ0n) is 18.3. The van der Waals surface area contributed by atoms with Crippen molar-refractivity contribution in [3.63, 3.8) is 0 Å². The lowest BCUT2D eigenvalue weighted by molar-refractivity contribution is -0.141. The van der Waals surface area contributed by atoms with Crippen LogP contribution < -0.4 is 10.6 Å². The molecule has 0 aliphatic carbocycles. The lowest BCUT2D eigenvalue weighted by Gasteiger charge is -2.34. The molecule has 1 saturated heterocycles. The zero-order valence-corrected chi connectivity index (χ0v) is 18.3. The Morgan fingerprint density at radius 2 is 1.41 bits per heavy atom. The normalized spacial score (nSPS) is 15.7. The second kappa shape index (κ2) is 10.1. The van der Waals surface area contributed by atoms with Crippen molar-refractivity contribution in [2.24, 2.45) is 0 Å². The number of likely N-dealkylation sites (tertiary alicyclic amines) is 1. The second-order valence-corrected chi connectivity index (χ2v) is 8.20. The van der Waals surface area contributed by atoms with Crippen LogP contribution in [0.3, 0.4) is 0 Å². The molecule has 1 heterocycles. The Labute approximate surface area is 189 Å². The van der Waals surface area contributed by atoms with Crippen LogP contribution in [-0.2, 0) is 9.59 Å². The molecular weight excluding hydrogens is 398 g/mol. The predicted octanol–water partition coefficient (Wildman–Crippen LogP) is 5.55. The highest BCUT2D eigenvalue weighted by Gasteiger charge is 2.32. The number of nitrogens with zero attached hydrogens (tertiary/aromatic N) is 1. The molecule has 3 aromatic carbocycles. The Kier molecular flexibility index (Phi) is 6.85. The van der Waals surface area contributed by atoms with Gasteiger partial charge < -0.3 is 15.5 Å². The summed E-state index contributed by atoms with van der Waals surface area (Å²) in [5.41, 5.74) is 3.72. The van der Waals surface area contributed by atoms with Gasteiger partial charge >= 0.3 is 0 Å². The molecule has 0 spiro atoms. The average Bonchev–Trinajstić information content (AvgIpc) is 2.83. The third-order valence-corrected chi connectivity index (χ3v) is 5.87. The molecule has 0 radical (unpaired) electrons. The fourth-order valence-corrected chi connectivity index (χ4v) is 4.14. The molecule has 164 valence electrons. The third-order valence-electron chi connectivity index (χ3n) is 5.87. The Bertz CT molecular complexity index is 1040. The molecule has 2 unspecified atom stereocenters. The monoisotopic (exact) mass is 427 g/mol. The van der Waals surface area contributed by atoms with Crippen molar-refractivity contribution < 1.29 is 9.59 Å². The van der Waals surface area contributed by atoms with Crippen molar-refractivity contribution in [1.82, 2.24) is 4.90 Å². The molecule has 1 aliphatic rings. The molecule has 0 bridgehead atoms. The molecule has 5 nitrogen and oxygen atoms in total. The van der Waals surface area contributed by atoms with Gasteiger partial charge in [0.1, 0.15) is 6.04 Å². The van der Waals surface area contributed by atoms with Crippen LogP contribution in [-0.4, -0.2) is 23.3 Å². The Morgan fingerprint density at radius 3 is 2.03 bits per heavy atom. The first-order valence-corrected chi connectivity index (χ1v) is 11.2. The minimum atomic E-state index is -0.625. The number of anilines is 2. The summed E-state index contributed by atoms with van der Waals surface area (Å²) in [6, 6.07) is 27.0. The van der Waals surface area contributed by atoms with E-state index in [2.05, 4.69) is 29.7 Å². The molecule has 2 N–H and O–H groups in total. The summed E-state index contributed by atoms with van der Waals surface area (Å²) < 4.78 is 0. The molecule has 4 rings (SSSR count). The van der Waals surface area contributed by atoms with Crippen LogP contribution in [0.5, 0.6) is 0 Å². The molecule has 2 amide bonds. The number of benzene rings is 3. The molecule has 3 aromatic rings. The minimum Gasteiger partial charge on any atom is -0.379 e. The topological polar surface area (TPSA) is 61.4 Å². The number of amides is 2. The molecular formula is C27H29N3O2. The van der Waals surface area contributed by atoms with Crippen LogP contribution in [0.15, 0.2) is 84.9 Å². The first-order valence-electron chi connectivity index (χ1n) is 11.2. The molecule has 2 atom stereocenters. The molecule has 1 aliphatic heterocycles. The minimum absolute atomic E-state index is 0.0368. The lowest BCUT2D eigenvalue weighted by Crippen LogP contribution is -2.43. The van der Waals surface area contributed by atoms with Crippen molar-refractivity contribution in [3.8, 4) is 0 Å². The second-order valence-electron chi connectivity index (χ2n) is 8.20. The lowest BCUT2D eigenvalue weighted by atomic mass is 10.0. The standard InChI is InChI=1S/C27H29N3O2/c1-20(21-10-4-2-5-11-21)28-23-15-17-24(18-16-23)29-27(32)26(22-12-6-3-7-13-22)30-19-9-8-14-25(30)31/h2-7,10-13,15-18,20,26,28H,8-9,14,19H2,1H3,(H,29,32). The average molecular weight is 428 g/mol. The van der Waals surface area contributed by atoms with E-state index < -0.39 is 6.04 Å². The molecule has 1 fully saturated rings. The highest BCUT2D eigenvalue weighted by atomic mass is 16.2. The Hall–Kier alpha value is -3.60. The van der Waals surface area contributed by atoms with Crippen LogP contribution >= 0.6 is 0 Å². The summed E-state index contributed by atoms with van der Waals surface area (Å²) in [7, 11) is 0. The van der Waals surface area contributed by atoms with Crippen molar-refractivity contribution in [1.29, 1.82) is 0 Å². The highest BCUT2D eigenvalue weighted by Crippen LogP contribution is 2.28.